The first-order chi connectivity index (χ1) is 13.1. The molecule has 2 amide bonds. The number of carbonyl (C=O) groups excluding carboxylic acids is 1. The zero-order valence-corrected chi connectivity index (χ0v) is 16.4. The first-order valence-corrected chi connectivity index (χ1v) is 9.04. The summed E-state index contributed by atoms with van der Waals surface area (Å²) >= 11 is 1.44. The summed E-state index contributed by atoms with van der Waals surface area (Å²) in [5, 5.41) is 3.40. The molecule has 27 heavy (non-hydrogen) atoms. The lowest BCUT2D eigenvalue weighted by molar-refractivity contribution is 0.220. The first kappa shape index (κ1) is 18.8. The summed E-state index contributed by atoms with van der Waals surface area (Å²) in [6.07, 6.45) is 0. The van der Waals surface area contributed by atoms with Gasteiger partial charge >= 0.3 is 6.03 Å². The molecule has 0 aliphatic heterocycles. The van der Waals surface area contributed by atoms with Crippen molar-refractivity contribution in [3.05, 3.63) is 42.0 Å². The summed E-state index contributed by atoms with van der Waals surface area (Å²) < 4.78 is 17.2. The molecule has 0 bridgehead atoms. The van der Waals surface area contributed by atoms with Crippen LogP contribution in [0, 0.1) is 0 Å². The average molecular weight is 387 g/mol. The van der Waals surface area contributed by atoms with E-state index in [0.717, 1.165) is 15.8 Å². The van der Waals surface area contributed by atoms with Crippen LogP contribution in [0.15, 0.2) is 36.4 Å². The van der Waals surface area contributed by atoms with Crippen LogP contribution in [-0.2, 0) is 6.54 Å². The van der Waals surface area contributed by atoms with Gasteiger partial charge in [-0.05, 0) is 24.3 Å². The minimum absolute atomic E-state index is 0.258. The molecule has 7 nitrogen and oxygen atoms in total. The van der Waals surface area contributed by atoms with Crippen LogP contribution in [0.4, 0.5) is 9.93 Å². The van der Waals surface area contributed by atoms with E-state index in [1.165, 1.54) is 11.3 Å². The smallest absolute Gasteiger partial charge is 0.323 e. The number of amides is 2. The Labute approximate surface area is 161 Å². The molecule has 0 fully saturated rings. The number of nitrogens with one attached hydrogen (secondary N) is 1. The predicted octanol–water partition coefficient (Wildman–Crippen LogP) is 3.99. The molecule has 0 saturated carbocycles. The van der Waals surface area contributed by atoms with Crippen LogP contribution < -0.4 is 19.5 Å². The monoisotopic (exact) mass is 387 g/mol. The van der Waals surface area contributed by atoms with Gasteiger partial charge in [-0.2, -0.15) is 0 Å². The van der Waals surface area contributed by atoms with Gasteiger partial charge in [0, 0.05) is 12.6 Å². The van der Waals surface area contributed by atoms with E-state index in [2.05, 4.69) is 10.3 Å². The van der Waals surface area contributed by atoms with E-state index in [1.807, 2.05) is 30.3 Å². The Balaban J connectivity index is 1.76. The van der Waals surface area contributed by atoms with Crippen molar-refractivity contribution >= 4 is 32.7 Å². The van der Waals surface area contributed by atoms with Crippen molar-refractivity contribution in [2.24, 2.45) is 0 Å². The van der Waals surface area contributed by atoms with Gasteiger partial charge in [-0.1, -0.05) is 23.5 Å². The average Bonchev–Trinajstić information content (AvgIpc) is 3.09. The van der Waals surface area contributed by atoms with Crippen molar-refractivity contribution < 1.29 is 19.0 Å². The summed E-state index contributed by atoms with van der Waals surface area (Å²) in [5.41, 5.74) is 1.67. The third-order valence-electron chi connectivity index (χ3n) is 4.05. The molecule has 0 spiro atoms. The van der Waals surface area contributed by atoms with Crippen LogP contribution >= 0.6 is 11.3 Å². The Hall–Kier alpha value is -3.00. The Morgan fingerprint density at radius 3 is 2.48 bits per heavy atom. The molecule has 2 aromatic carbocycles. The third-order valence-corrected chi connectivity index (χ3v) is 5.00. The zero-order valence-electron chi connectivity index (χ0n) is 15.6. The molecular formula is C19H21N3O4S. The van der Waals surface area contributed by atoms with Gasteiger partial charge in [-0.3, -0.25) is 5.32 Å². The predicted molar refractivity (Wildman–Crippen MR) is 106 cm³/mol. The highest BCUT2D eigenvalue weighted by Gasteiger charge is 2.19. The molecule has 1 N–H and O–H groups in total. The fourth-order valence-corrected chi connectivity index (χ4v) is 3.58. The van der Waals surface area contributed by atoms with E-state index in [9.17, 15) is 4.79 Å². The van der Waals surface area contributed by atoms with Gasteiger partial charge in [0.1, 0.15) is 0 Å². The molecule has 1 aromatic heterocycles. The summed E-state index contributed by atoms with van der Waals surface area (Å²) in [4.78, 5) is 18.5. The quantitative estimate of drug-likeness (QED) is 0.692. The van der Waals surface area contributed by atoms with E-state index in [0.29, 0.717) is 28.9 Å². The van der Waals surface area contributed by atoms with Crippen LogP contribution in [0.2, 0.25) is 0 Å². The molecule has 0 radical (unpaired) electrons. The fraction of sp³-hybridized carbons (Fsp3) is 0.263. The Morgan fingerprint density at radius 2 is 1.81 bits per heavy atom. The molecular weight excluding hydrogens is 366 g/mol. The number of rotatable bonds is 6. The Kier molecular flexibility index (Phi) is 5.66. The van der Waals surface area contributed by atoms with Crippen molar-refractivity contribution in [1.82, 2.24) is 9.88 Å². The van der Waals surface area contributed by atoms with Crippen molar-refractivity contribution in [3.8, 4) is 17.2 Å². The van der Waals surface area contributed by atoms with E-state index < -0.39 is 0 Å². The lowest BCUT2D eigenvalue weighted by Crippen LogP contribution is -2.31. The number of nitrogens with zero attached hydrogens (tertiary/aromatic N) is 2. The normalized spacial score (nSPS) is 10.5. The maximum atomic E-state index is 12.6. The maximum absolute atomic E-state index is 12.6. The maximum Gasteiger partial charge on any atom is 0.323 e. The van der Waals surface area contributed by atoms with Crippen LogP contribution in [0.1, 0.15) is 5.56 Å². The number of thiazole rings is 1. The molecule has 0 aliphatic rings. The molecule has 0 aliphatic carbocycles. The van der Waals surface area contributed by atoms with Gasteiger partial charge in [0.2, 0.25) is 5.75 Å². The topological polar surface area (TPSA) is 72.9 Å². The summed E-state index contributed by atoms with van der Waals surface area (Å²) in [7, 11) is 6.38. The number of carbonyl (C=O) groups is 1. The standard InChI is InChI=1S/C19H21N3O4S/c1-22(11-12-9-10-14(24-2)17(26-4)16(12)25-3)19(23)21-18-20-13-7-5-6-8-15(13)27-18/h5-10H,11H2,1-4H3,(H,20,21,23). The zero-order chi connectivity index (χ0) is 19.4. The molecule has 0 atom stereocenters. The lowest BCUT2D eigenvalue weighted by Gasteiger charge is -2.20. The highest BCUT2D eigenvalue weighted by Crippen LogP contribution is 2.40. The van der Waals surface area contributed by atoms with Gasteiger partial charge in [0.25, 0.3) is 0 Å². The van der Waals surface area contributed by atoms with Crippen LogP contribution in [0.25, 0.3) is 10.2 Å². The molecule has 0 unspecified atom stereocenters. The lowest BCUT2D eigenvalue weighted by atomic mass is 10.1. The van der Waals surface area contributed by atoms with Crippen molar-refractivity contribution in [2.45, 2.75) is 6.54 Å². The summed E-state index contributed by atoms with van der Waals surface area (Å²) in [6.45, 7) is 0.334. The second-order valence-electron chi connectivity index (χ2n) is 5.77. The second kappa shape index (κ2) is 8.13. The molecule has 1 heterocycles. The fourth-order valence-electron chi connectivity index (χ4n) is 2.73. The molecule has 0 saturated heterocycles. The Morgan fingerprint density at radius 1 is 1.07 bits per heavy atom. The molecule has 8 heteroatoms. The van der Waals surface area contributed by atoms with Gasteiger partial charge in [0.15, 0.2) is 16.6 Å². The number of methoxy groups -OCH3 is 3. The Bertz CT molecular complexity index is 924. The van der Waals surface area contributed by atoms with Crippen LogP contribution in [-0.4, -0.2) is 44.3 Å². The van der Waals surface area contributed by atoms with Gasteiger partial charge in [0.05, 0.1) is 38.1 Å². The van der Waals surface area contributed by atoms with Crippen LogP contribution in [0.5, 0.6) is 17.2 Å². The molecule has 142 valence electrons. The highest BCUT2D eigenvalue weighted by atomic mass is 32.1. The van der Waals surface area contributed by atoms with E-state index in [1.54, 1.807) is 39.3 Å². The number of hydrogen-bond donors (Lipinski definition) is 1. The minimum Gasteiger partial charge on any atom is -0.493 e. The van der Waals surface area contributed by atoms with E-state index in [4.69, 9.17) is 14.2 Å². The number of anilines is 1. The van der Waals surface area contributed by atoms with Gasteiger partial charge < -0.3 is 19.1 Å². The number of aromatic nitrogens is 1. The number of hydrogen-bond acceptors (Lipinski definition) is 6. The van der Waals surface area contributed by atoms with E-state index in [-0.39, 0.29) is 6.03 Å². The number of urea groups is 1. The number of fused-ring (bicyclic) bond motifs is 1. The van der Waals surface area contributed by atoms with Gasteiger partial charge in [-0.15, -0.1) is 0 Å². The SMILES string of the molecule is COc1ccc(CN(C)C(=O)Nc2nc3ccccc3s2)c(OC)c1OC. The molecule has 3 aromatic rings. The van der Waals surface area contributed by atoms with Crippen molar-refractivity contribution in [2.75, 3.05) is 33.7 Å². The van der Waals surface area contributed by atoms with Gasteiger partial charge in [-0.25, -0.2) is 9.78 Å². The number of para-hydroxylation sites is 1. The second-order valence-corrected chi connectivity index (χ2v) is 6.80. The third kappa shape index (κ3) is 3.90. The molecule has 3 rings (SSSR count). The van der Waals surface area contributed by atoms with Crippen molar-refractivity contribution in [1.29, 1.82) is 0 Å². The largest absolute Gasteiger partial charge is 0.493 e. The number of ether oxygens (including phenoxy) is 3. The number of benzene rings is 2. The highest BCUT2D eigenvalue weighted by molar-refractivity contribution is 7.22. The minimum atomic E-state index is -0.258. The van der Waals surface area contributed by atoms with Crippen molar-refractivity contribution in [3.63, 3.8) is 0 Å². The summed E-state index contributed by atoms with van der Waals surface area (Å²) in [5.74, 6) is 1.61. The van der Waals surface area contributed by atoms with E-state index >= 15 is 0 Å². The first-order valence-electron chi connectivity index (χ1n) is 8.23. The summed E-state index contributed by atoms with van der Waals surface area (Å²) in [6, 6.07) is 11.1. The van der Waals surface area contributed by atoms with Crippen LogP contribution in [0.3, 0.4) is 0 Å².